The van der Waals surface area contributed by atoms with Crippen LogP contribution in [0.4, 0.5) is 11.6 Å². The topological polar surface area (TPSA) is 104 Å². The third-order valence-corrected chi connectivity index (χ3v) is 6.21. The zero-order valence-electron chi connectivity index (χ0n) is 21.2. The van der Waals surface area contributed by atoms with Crippen molar-refractivity contribution in [2.75, 3.05) is 50.7 Å². The summed E-state index contributed by atoms with van der Waals surface area (Å²) in [5, 5.41) is 7.53. The lowest BCUT2D eigenvalue weighted by atomic mass is 9.95. The summed E-state index contributed by atoms with van der Waals surface area (Å²) in [4.78, 5) is 9.24. The Labute approximate surface area is 214 Å². The van der Waals surface area contributed by atoms with E-state index in [-0.39, 0.29) is 11.7 Å². The molecule has 3 heterocycles. The van der Waals surface area contributed by atoms with Crippen molar-refractivity contribution >= 4 is 23.2 Å². The highest BCUT2D eigenvalue weighted by molar-refractivity contribution is 6.33. The van der Waals surface area contributed by atoms with E-state index in [1.165, 1.54) is 32.1 Å². The summed E-state index contributed by atoms with van der Waals surface area (Å²) in [5.74, 6) is 1.64. The summed E-state index contributed by atoms with van der Waals surface area (Å²) >= 11 is 6.47. The fraction of sp³-hybridized carbons (Fsp3) is 0.615. The van der Waals surface area contributed by atoms with Crippen LogP contribution in [0.15, 0.2) is 30.5 Å². The fourth-order valence-corrected chi connectivity index (χ4v) is 4.45. The van der Waals surface area contributed by atoms with Gasteiger partial charge in [0.1, 0.15) is 11.6 Å². The van der Waals surface area contributed by atoms with Gasteiger partial charge in [0.15, 0.2) is 0 Å². The number of nitrogens with two attached hydrogens (primary N) is 1. The molecule has 2 aliphatic rings. The van der Waals surface area contributed by atoms with Gasteiger partial charge in [-0.25, -0.2) is 9.97 Å². The molecule has 194 valence electrons. The average molecular weight is 506 g/mol. The molecular formula is C26H40ClN5O3. The summed E-state index contributed by atoms with van der Waals surface area (Å²) in [6.07, 6.45) is 7.98. The van der Waals surface area contributed by atoms with Crippen molar-refractivity contribution in [1.29, 1.82) is 0 Å². The van der Waals surface area contributed by atoms with Gasteiger partial charge in [-0.15, -0.1) is 0 Å². The van der Waals surface area contributed by atoms with E-state index in [2.05, 4.69) is 20.4 Å². The normalized spacial score (nSPS) is 20.0. The van der Waals surface area contributed by atoms with E-state index in [0.717, 1.165) is 22.9 Å². The standard InChI is InChI=1S/C23H31ClN4O2.C3H9NO/c1-23(2)15-29-14-17(30-23)12-25-21-10-6-9-20(28-21)18-11-22(26-13-19(18)24)27-16-7-4-3-5-8-16;1-5-3-2-4/h6,9-11,13,16-17H,3-5,7-8,12,14-15H2,1-2H3,(H,25,28)(H,26,27);2-4H2,1H3. The number of halogens is 1. The van der Waals surface area contributed by atoms with Gasteiger partial charge in [0.05, 0.1) is 42.2 Å². The van der Waals surface area contributed by atoms with E-state index in [1.807, 2.05) is 38.1 Å². The smallest absolute Gasteiger partial charge is 0.126 e. The predicted molar refractivity (Wildman–Crippen MR) is 142 cm³/mol. The van der Waals surface area contributed by atoms with Crippen LogP contribution in [0.5, 0.6) is 0 Å². The first-order chi connectivity index (χ1) is 16.9. The van der Waals surface area contributed by atoms with Gasteiger partial charge in [-0.05, 0) is 44.9 Å². The molecule has 0 spiro atoms. The maximum atomic E-state index is 6.47. The Kier molecular flexibility index (Phi) is 11.0. The Hall–Kier alpha value is -1.97. The summed E-state index contributed by atoms with van der Waals surface area (Å²) in [7, 11) is 1.63. The van der Waals surface area contributed by atoms with Crippen LogP contribution in [0.25, 0.3) is 11.3 Å². The SMILES string of the molecule is CC1(C)COCC(CNc2cccc(-c3cc(NC4CCCCC4)ncc3Cl)n2)O1.COCCN. The maximum absolute atomic E-state index is 6.47. The molecule has 1 atom stereocenters. The van der Waals surface area contributed by atoms with Crippen molar-refractivity contribution in [3.63, 3.8) is 0 Å². The molecule has 0 bridgehead atoms. The Morgan fingerprint density at radius 1 is 1.20 bits per heavy atom. The van der Waals surface area contributed by atoms with Gasteiger partial charge in [-0.2, -0.15) is 0 Å². The van der Waals surface area contributed by atoms with Crippen molar-refractivity contribution in [2.45, 2.75) is 63.7 Å². The molecule has 2 aromatic heterocycles. The predicted octanol–water partition coefficient (Wildman–Crippen LogP) is 4.74. The second-order valence-electron chi connectivity index (χ2n) is 9.61. The number of anilines is 2. The van der Waals surface area contributed by atoms with Gasteiger partial charge in [-0.1, -0.05) is 36.9 Å². The van der Waals surface area contributed by atoms with Crippen molar-refractivity contribution < 1.29 is 14.2 Å². The first-order valence-corrected chi connectivity index (χ1v) is 12.9. The second-order valence-corrected chi connectivity index (χ2v) is 10.0. The monoisotopic (exact) mass is 505 g/mol. The van der Waals surface area contributed by atoms with Crippen LogP contribution >= 0.6 is 11.6 Å². The number of nitrogens with zero attached hydrogens (tertiary/aromatic N) is 2. The summed E-state index contributed by atoms with van der Waals surface area (Å²) in [5.41, 5.74) is 6.46. The number of hydrogen-bond acceptors (Lipinski definition) is 8. The van der Waals surface area contributed by atoms with E-state index < -0.39 is 0 Å². The zero-order valence-corrected chi connectivity index (χ0v) is 21.9. The Balaban J connectivity index is 0.000000623. The minimum Gasteiger partial charge on any atom is -0.383 e. The molecule has 2 aromatic rings. The van der Waals surface area contributed by atoms with Gasteiger partial charge < -0.3 is 30.6 Å². The summed E-state index contributed by atoms with van der Waals surface area (Å²) in [6.45, 7) is 7.22. The summed E-state index contributed by atoms with van der Waals surface area (Å²) in [6, 6.07) is 8.40. The third kappa shape index (κ3) is 9.20. The minimum atomic E-state index is -0.258. The van der Waals surface area contributed by atoms with E-state index in [9.17, 15) is 0 Å². The van der Waals surface area contributed by atoms with E-state index >= 15 is 0 Å². The van der Waals surface area contributed by atoms with Crippen LogP contribution < -0.4 is 16.4 Å². The van der Waals surface area contributed by atoms with Crippen LogP contribution in [0.1, 0.15) is 46.0 Å². The molecule has 9 heteroatoms. The highest BCUT2D eigenvalue weighted by Crippen LogP contribution is 2.30. The quantitative estimate of drug-likeness (QED) is 0.472. The van der Waals surface area contributed by atoms with Crippen LogP contribution in [0.2, 0.25) is 5.02 Å². The Morgan fingerprint density at radius 3 is 2.69 bits per heavy atom. The molecule has 4 N–H and O–H groups in total. The number of hydrogen-bond donors (Lipinski definition) is 3. The van der Waals surface area contributed by atoms with Crippen LogP contribution in [-0.2, 0) is 14.2 Å². The van der Waals surface area contributed by atoms with Gasteiger partial charge in [-0.3, -0.25) is 0 Å². The van der Waals surface area contributed by atoms with Crippen LogP contribution in [0.3, 0.4) is 0 Å². The molecule has 0 radical (unpaired) electrons. The highest BCUT2D eigenvalue weighted by Gasteiger charge is 2.29. The minimum absolute atomic E-state index is 0.00462. The van der Waals surface area contributed by atoms with Crippen molar-refractivity contribution in [2.24, 2.45) is 5.73 Å². The number of aromatic nitrogens is 2. The summed E-state index contributed by atoms with van der Waals surface area (Å²) < 4.78 is 16.3. The molecule has 0 amide bonds. The molecule has 2 fully saturated rings. The van der Waals surface area contributed by atoms with Crippen molar-refractivity contribution in [3.05, 3.63) is 35.5 Å². The first-order valence-electron chi connectivity index (χ1n) is 12.5. The van der Waals surface area contributed by atoms with Crippen LogP contribution in [-0.4, -0.2) is 67.7 Å². The first kappa shape index (κ1) is 27.6. The molecule has 1 saturated carbocycles. The zero-order chi connectivity index (χ0) is 25.1. The molecular weight excluding hydrogens is 466 g/mol. The highest BCUT2D eigenvalue weighted by atomic mass is 35.5. The second kappa shape index (κ2) is 13.9. The molecule has 1 unspecified atom stereocenters. The Morgan fingerprint density at radius 2 is 2.00 bits per heavy atom. The van der Waals surface area contributed by atoms with Gasteiger partial charge in [0, 0.05) is 38.0 Å². The Bertz CT molecular complexity index is 906. The molecule has 1 aliphatic heterocycles. The van der Waals surface area contributed by atoms with Crippen LogP contribution in [0, 0.1) is 0 Å². The largest absolute Gasteiger partial charge is 0.383 e. The van der Waals surface area contributed by atoms with E-state index in [4.69, 9.17) is 31.8 Å². The third-order valence-electron chi connectivity index (χ3n) is 5.91. The van der Waals surface area contributed by atoms with Gasteiger partial charge in [0.2, 0.25) is 0 Å². The van der Waals surface area contributed by atoms with E-state index in [0.29, 0.717) is 44.0 Å². The molecule has 1 saturated heterocycles. The average Bonchev–Trinajstić information content (AvgIpc) is 2.85. The molecule has 8 nitrogen and oxygen atoms in total. The number of ether oxygens (including phenoxy) is 3. The van der Waals surface area contributed by atoms with Crippen molar-refractivity contribution in [3.8, 4) is 11.3 Å². The lowest BCUT2D eigenvalue weighted by Crippen LogP contribution is -2.45. The number of pyridine rings is 2. The number of methoxy groups -OCH3 is 1. The molecule has 0 aromatic carbocycles. The molecule has 1 aliphatic carbocycles. The molecule has 4 rings (SSSR count). The fourth-order valence-electron chi connectivity index (χ4n) is 4.25. The lowest BCUT2D eigenvalue weighted by Gasteiger charge is -2.36. The van der Waals surface area contributed by atoms with E-state index in [1.54, 1.807) is 13.3 Å². The maximum Gasteiger partial charge on any atom is 0.126 e. The lowest BCUT2D eigenvalue weighted by molar-refractivity contribution is -0.177. The van der Waals surface area contributed by atoms with Gasteiger partial charge >= 0.3 is 0 Å². The van der Waals surface area contributed by atoms with Gasteiger partial charge in [0.25, 0.3) is 0 Å². The number of nitrogens with one attached hydrogen (secondary N) is 2. The van der Waals surface area contributed by atoms with Crippen molar-refractivity contribution in [1.82, 2.24) is 9.97 Å². The molecule has 35 heavy (non-hydrogen) atoms. The number of rotatable bonds is 8.